The van der Waals surface area contributed by atoms with E-state index in [2.05, 4.69) is 77.7 Å². The summed E-state index contributed by atoms with van der Waals surface area (Å²) in [6, 6.07) is 8.67. The van der Waals surface area contributed by atoms with Gasteiger partial charge < -0.3 is 5.32 Å². The summed E-state index contributed by atoms with van der Waals surface area (Å²) in [5.74, 6) is 0. The molecule has 0 atom stereocenters. The van der Waals surface area contributed by atoms with Crippen LogP contribution in [0.25, 0.3) is 0 Å². The highest BCUT2D eigenvalue weighted by atomic mass is 14.9. The van der Waals surface area contributed by atoms with Gasteiger partial charge in [0.1, 0.15) is 0 Å². The molecular weight excluding hydrogens is 230 g/mol. The molecule has 0 radical (unpaired) electrons. The zero-order chi connectivity index (χ0) is 14.7. The molecule has 0 bridgehead atoms. The first kappa shape index (κ1) is 15.8. The van der Waals surface area contributed by atoms with E-state index in [4.69, 9.17) is 0 Å². The monoisotopic (exact) mass is 259 g/mol. The van der Waals surface area contributed by atoms with Crippen molar-refractivity contribution in [1.29, 1.82) is 0 Å². The van der Waals surface area contributed by atoms with Crippen LogP contribution in [0.2, 0.25) is 0 Å². The largest absolute Gasteiger partial charge is 0.359 e. The molecule has 0 saturated heterocycles. The molecule has 106 valence electrons. The predicted octanol–water partition coefficient (Wildman–Crippen LogP) is 5.74. The summed E-state index contributed by atoms with van der Waals surface area (Å²) >= 11 is 0. The van der Waals surface area contributed by atoms with Gasteiger partial charge in [0.05, 0.1) is 0 Å². The zero-order valence-electron chi connectivity index (χ0n) is 13.4. The number of anilines is 1. The van der Waals surface area contributed by atoms with Gasteiger partial charge in [-0.25, -0.2) is 0 Å². The summed E-state index contributed by atoms with van der Waals surface area (Å²) < 4.78 is 0. The molecule has 0 amide bonds. The quantitative estimate of drug-likeness (QED) is 0.727. The second-order valence-electron chi connectivity index (χ2n) is 7.62. The van der Waals surface area contributed by atoms with Crippen LogP contribution in [-0.2, 0) is 5.41 Å². The molecule has 1 aromatic rings. The smallest absolute Gasteiger partial charge is 0.0381 e. The van der Waals surface area contributed by atoms with Crippen molar-refractivity contribution in [3.63, 3.8) is 0 Å². The lowest BCUT2D eigenvalue weighted by atomic mass is 9.87. The standard InChI is InChI=1S/C18H29N/c1-14(12-13-17(2,3)4)19-16-10-8-15(9-11-16)18(5,6)7/h8-11,19H,1,12-13H2,2-7H3. The van der Waals surface area contributed by atoms with Crippen LogP contribution in [0.15, 0.2) is 36.5 Å². The molecule has 1 rings (SSSR count). The van der Waals surface area contributed by atoms with Gasteiger partial charge in [0.2, 0.25) is 0 Å². The van der Waals surface area contributed by atoms with E-state index in [9.17, 15) is 0 Å². The summed E-state index contributed by atoms with van der Waals surface area (Å²) in [7, 11) is 0. The fraction of sp³-hybridized carbons (Fsp3) is 0.556. The van der Waals surface area contributed by atoms with E-state index in [0.717, 1.165) is 24.2 Å². The molecule has 1 heteroatoms. The maximum atomic E-state index is 4.11. The normalized spacial score (nSPS) is 12.3. The van der Waals surface area contributed by atoms with Crippen LogP contribution < -0.4 is 5.32 Å². The molecule has 1 nitrogen and oxygen atoms in total. The fourth-order valence-corrected chi connectivity index (χ4v) is 1.85. The molecular formula is C18H29N. The molecule has 0 aromatic heterocycles. The lowest BCUT2D eigenvalue weighted by molar-refractivity contribution is 0.378. The van der Waals surface area contributed by atoms with Crippen LogP contribution in [0.5, 0.6) is 0 Å². The Kier molecular flexibility index (Phi) is 4.84. The molecule has 0 aliphatic heterocycles. The van der Waals surface area contributed by atoms with Crippen LogP contribution in [0.4, 0.5) is 5.69 Å². The van der Waals surface area contributed by atoms with E-state index in [1.54, 1.807) is 0 Å². The maximum absolute atomic E-state index is 4.11. The number of nitrogens with one attached hydrogen (secondary N) is 1. The third kappa shape index (κ3) is 5.96. The van der Waals surface area contributed by atoms with Crippen molar-refractivity contribution >= 4 is 5.69 Å². The minimum absolute atomic E-state index is 0.210. The van der Waals surface area contributed by atoms with Crippen LogP contribution in [-0.4, -0.2) is 0 Å². The number of benzene rings is 1. The van der Waals surface area contributed by atoms with Crippen LogP contribution in [0, 0.1) is 5.41 Å². The summed E-state index contributed by atoms with van der Waals surface area (Å²) in [6.45, 7) is 17.6. The summed E-state index contributed by atoms with van der Waals surface area (Å²) in [5.41, 5.74) is 4.16. The van der Waals surface area contributed by atoms with Gasteiger partial charge in [0.15, 0.2) is 0 Å². The van der Waals surface area contributed by atoms with Crippen LogP contribution in [0.3, 0.4) is 0 Å². The Morgan fingerprint density at radius 2 is 1.53 bits per heavy atom. The number of allylic oxidation sites excluding steroid dienone is 1. The first-order valence-corrected chi connectivity index (χ1v) is 7.13. The molecule has 19 heavy (non-hydrogen) atoms. The van der Waals surface area contributed by atoms with Gasteiger partial charge in [-0.05, 0) is 41.4 Å². The minimum atomic E-state index is 0.210. The van der Waals surface area contributed by atoms with E-state index in [1.165, 1.54) is 5.56 Å². The molecule has 0 fully saturated rings. The SMILES string of the molecule is C=C(CCC(C)(C)C)Nc1ccc(C(C)(C)C)cc1. The Hall–Kier alpha value is -1.24. The van der Waals surface area contributed by atoms with E-state index >= 15 is 0 Å². The highest BCUT2D eigenvalue weighted by Gasteiger charge is 2.13. The lowest BCUT2D eigenvalue weighted by Crippen LogP contribution is -2.11. The van der Waals surface area contributed by atoms with Gasteiger partial charge in [0, 0.05) is 11.4 Å². The second-order valence-corrected chi connectivity index (χ2v) is 7.62. The Bertz CT molecular complexity index is 412. The van der Waals surface area contributed by atoms with Gasteiger partial charge in [-0.3, -0.25) is 0 Å². The highest BCUT2D eigenvalue weighted by molar-refractivity contribution is 5.49. The summed E-state index contributed by atoms with van der Waals surface area (Å²) in [5, 5.41) is 3.40. The van der Waals surface area contributed by atoms with Crippen LogP contribution >= 0.6 is 0 Å². The first-order chi connectivity index (χ1) is 8.58. The number of rotatable bonds is 4. The van der Waals surface area contributed by atoms with Crippen LogP contribution in [0.1, 0.15) is 59.9 Å². The molecule has 0 heterocycles. The average Bonchev–Trinajstić information content (AvgIpc) is 2.25. The molecule has 1 aromatic carbocycles. The zero-order valence-corrected chi connectivity index (χ0v) is 13.4. The fourth-order valence-electron chi connectivity index (χ4n) is 1.85. The van der Waals surface area contributed by atoms with Crippen molar-refractivity contribution < 1.29 is 0 Å². The van der Waals surface area contributed by atoms with Crippen molar-refractivity contribution in [2.75, 3.05) is 5.32 Å². The van der Waals surface area contributed by atoms with Gasteiger partial charge in [-0.2, -0.15) is 0 Å². The molecule has 0 aliphatic rings. The van der Waals surface area contributed by atoms with Crippen molar-refractivity contribution in [2.24, 2.45) is 5.41 Å². The topological polar surface area (TPSA) is 12.0 Å². The predicted molar refractivity (Wildman–Crippen MR) is 86.6 cm³/mol. The molecule has 1 N–H and O–H groups in total. The number of hydrogen-bond acceptors (Lipinski definition) is 1. The second kappa shape index (κ2) is 5.81. The summed E-state index contributed by atoms with van der Waals surface area (Å²) in [6.07, 6.45) is 2.17. The van der Waals surface area contributed by atoms with Gasteiger partial charge in [-0.15, -0.1) is 0 Å². The minimum Gasteiger partial charge on any atom is -0.359 e. The van der Waals surface area contributed by atoms with Crippen molar-refractivity contribution in [3.8, 4) is 0 Å². The van der Waals surface area contributed by atoms with Gasteiger partial charge in [-0.1, -0.05) is 60.3 Å². The Labute approximate surface area is 119 Å². The molecule has 0 spiro atoms. The van der Waals surface area contributed by atoms with Crippen molar-refractivity contribution in [2.45, 2.75) is 59.8 Å². The van der Waals surface area contributed by atoms with Crippen molar-refractivity contribution in [1.82, 2.24) is 0 Å². The third-order valence-electron chi connectivity index (χ3n) is 3.25. The van der Waals surface area contributed by atoms with Gasteiger partial charge in [0.25, 0.3) is 0 Å². The average molecular weight is 259 g/mol. The lowest BCUT2D eigenvalue weighted by Gasteiger charge is -2.21. The molecule has 0 unspecified atom stereocenters. The third-order valence-corrected chi connectivity index (χ3v) is 3.25. The molecule has 0 aliphatic carbocycles. The number of hydrogen-bond donors (Lipinski definition) is 1. The Balaban J connectivity index is 2.56. The maximum Gasteiger partial charge on any atom is 0.0381 e. The van der Waals surface area contributed by atoms with Gasteiger partial charge >= 0.3 is 0 Å². The Morgan fingerprint density at radius 1 is 1.00 bits per heavy atom. The first-order valence-electron chi connectivity index (χ1n) is 7.13. The molecule has 0 saturated carbocycles. The van der Waals surface area contributed by atoms with E-state index < -0.39 is 0 Å². The van der Waals surface area contributed by atoms with E-state index in [0.29, 0.717) is 5.41 Å². The highest BCUT2D eigenvalue weighted by Crippen LogP contribution is 2.26. The van der Waals surface area contributed by atoms with E-state index in [1.807, 2.05) is 0 Å². The van der Waals surface area contributed by atoms with Crippen molar-refractivity contribution in [3.05, 3.63) is 42.1 Å². The van der Waals surface area contributed by atoms with E-state index in [-0.39, 0.29) is 5.41 Å². The summed E-state index contributed by atoms with van der Waals surface area (Å²) in [4.78, 5) is 0. The Morgan fingerprint density at radius 3 is 1.95 bits per heavy atom.